The molecule has 1 rings (SSSR count). The fraction of sp³-hybridized carbons (Fsp3) is 0.467. The minimum atomic E-state index is -3.52. The largest absolute Gasteiger partial charge is 0.452 e. The molecular weight excluding hydrogens is 320 g/mol. The summed E-state index contributed by atoms with van der Waals surface area (Å²) in [6, 6.07) is 6.04. The van der Waals surface area contributed by atoms with Gasteiger partial charge in [0.15, 0.2) is 6.61 Å². The van der Waals surface area contributed by atoms with E-state index in [1.54, 1.807) is 12.1 Å². The maximum absolute atomic E-state index is 12.0. The van der Waals surface area contributed by atoms with Crippen LogP contribution in [0.5, 0.6) is 0 Å². The molecule has 1 aromatic carbocycles. The lowest BCUT2D eigenvalue weighted by molar-refractivity contribution is -0.124. The van der Waals surface area contributed by atoms with Gasteiger partial charge in [0.05, 0.1) is 17.5 Å². The van der Waals surface area contributed by atoms with E-state index in [4.69, 9.17) is 4.74 Å². The zero-order valence-corrected chi connectivity index (χ0v) is 14.3. The third-order valence-electron chi connectivity index (χ3n) is 2.91. The van der Waals surface area contributed by atoms with Crippen LogP contribution in [0.2, 0.25) is 0 Å². The summed E-state index contributed by atoms with van der Waals surface area (Å²) >= 11 is 0. The monoisotopic (exact) mass is 342 g/mol. The summed E-state index contributed by atoms with van der Waals surface area (Å²) in [6.45, 7) is 3.46. The van der Waals surface area contributed by atoms with Gasteiger partial charge in [-0.05, 0) is 25.5 Å². The van der Waals surface area contributed by atoms with Crippen LogP contribution in [0.25, 0.3) is 0 Å². The van der Waals surface area contributed by atoms with Crippen molar-refractivity contribution in [3.8, 4) is 0 Å². The Balaban J connectivity index is 2.67. The van der Waals surface area contributed by atoms with Crippen LogP contribution in [-0.2, 0) is 19.6 Å². The Bertz CT molecular complexity index is 658. The summed E-state index contributed by atoms with van der Waals surface area (Å²) in [5.41, 5.74) is 0.159. The number of para-hydroxylation sites is 1. The van der Waals surface area contributed by atoms with Gasteiger partial charge in [-0.2, -0.15) is 0 Å². The van der Waals surface area contributed by atoms with Gasteiger partial charge in [-0.1, -0.05) is 25.5 Å². The molecule has 2 N–H and O–H groups in total. The van der Waals surface area contributed by atoms with E-state index in [2.05, 4.69) is 10.0 Å². The van der Waals surface area contributed by atoms with Gasteiger partial charge in [0.25, 0.3) is 5.91 Å². The molecule has 0 fully saturated rings. The number of carbonyl (C=O) groups is 2. The molecule has 23 heavy (non-hydrogen) atoms. The van der Waals surface area contributed by atoms with Crippen molar-refractivity contribution >= 4 is 27.6 Å². The smallest absolute Gasteiger partial charge is 0.340 e. The second-order valence-electron chi connectivity index (χ2n) is 5.25. The highest BCUT2D eigenvalue weighted by Crippen LogP contribution is 2.17. The molecule has 0 bridgehead atoms. The van der Waals surface area contributed by atoms with E-state index in [0.29, 0.717) is 0 Å². The number of anilines is 1. The third-order valence-corrected chi connectivity index (χ3v) is 3.50. The fourth-order valence-corrected chi connectivity index (χ4v) is 2.56. The number of sulfonamides is 1. The first-order valence-corrected chi connectivity index (χ1v) is 9.15. The molecular formula is C15H22N2O5S. The number of rotatable bonds is 8. The molecule has 1 atom stereocenters. The lowest BCUT2D eigenvalue weighted by Gasteiger charge is -2.13. The zero-order chi connectivity index (χ0) is 17.5. The van der Waals surface area contributed by atoms with Crippen molar-refractivity contribution in [1.82, 2.24) is 5.32 Å². The number of nitrogens with one attached hydrogen (secondary N) is 2. The molecule has 0 saturated carbocycles. The lowest BCUT2D eigenvalue weighted by Crippen LogP contribution is -2.35. The standard InChI is InChI=1S/C15H22N2O5S/c1-4-7-11(2)16-14(18)10-22-15(19)12-8-5-6-9-13(12)17-23(3,20)21/h5-6,8-9,11,17H,4,7,10H2,1-3H3,(H,16,18)/t11-/m0/s1. The van der Waals surface area contributed by atoms with Gasteiger partial charge in [-0.25, -0.2) is 13.2 Å². The molecule has 8 heteroatoms. The number of amides is 1. The molecule has 1 aromatic rings. The fourth-order valence-electron chi connectivity index (χ4n) is 1.98. The van der Waals surface area contributed by atoms with E-state index in [0.717, 1.165) is 19.1 Å². The van der Waals surface area contributed by atoms with Crippen molar-refractivity contribution in [1.29, 1.82) is 0 Å². The molecule has 7 nitrogen and oxygen atoms in total. The van der Waals surface area contributed by atoms with Gasteiger partial charge in [0.1, 0.15) is 0 Å². The number of carbonyl (C=O) groups excluding carboxylic acids is 2. The average Bonchev–Trinajstić information content (AvgIpc) is 2.44. The summed E-state index contributed by atoms with van der Waals surface area (Å²) < 4.78 is 29.8. The molecule has 1 amide bonds. The third kappa shape index (κ3) is 7.14. The van der Waals surface area contributed by atoms with Crippen LogP contribution in [0.15, 0.2) is 24.3 Å². The zero-order valence-electron chi connectivity index (χ0n) is 13.5. The molecule has 0 spiro atoms. The Hall–Kier alpha value is -2.09. The van der Waals surface area contributed by atoms with Crippen LogP contribution in [0.1, 0.15) is 37.0 Å². The predicted molar refractivity (Wildman–Crippen MR) is 87.7 cm³/mol. The van der Waals surface area contributed by atoms with Crippen LogP contribution in [0.3, 0.4) is 0 Å². The van der Waals surface area contributed by atoms with E-state index in [1.165, 1.54) is 12.1 Å². The molecule has 0 aromatic heterocycles. The Kier molecular flexibility index (Phi) is 7.02. The molecule has 0 heterocycles. The van der Waals surface area contributed by atoms with E-state index >= 15 is 0 Å². The quantitative estimate of drug-likeness (QED) is 0.698. The number of esters is 1. The summed E-state index contributed by atoms with van der Waals surface area (Å²) in [5.74, 6) is -1.16. The molecule has 0 aliphatic rings. The van der Waals surface area contributed by atoms with Crippen LogP contribution >= 0.6 is 0 Å². The maximum Gasteiger partial charge on any atom is 0.340 e. The first-order chi connectivity index (χ1) is 10.7. The second kappa shape index (κ2) is 8.52. The van der Waals surface area contributed by atoms with E-state index in [1.807, 2.05) is 13.8 Å². The van der Waals surface area contributed by atoms with Crippen molar-refractivity contribution in [2.75, 3.05) is 17.6 Å². The van der Waals surface area contributed by atoms with Crippen molar-refractivity contribution in [2.45, 2.75) is 32.7 Å². The predicted octanol–water partition coefficient (Wildman–Crippen LogP) is 1.52. The molecule has 0 aliphatic carbocycles. The van der Waals surface area contributed by atoms with Gasteiger partial charge in [-0.15, -0.1) is 0 Å². The molecule has 128 valence electrons. The summed E-state index contributed by atoms with van der Waals surface area (Å²) in [4.78, 5) is 23.7. The van der Waals surface area contributed by atoms with Gasteiger partial charge in [-0.3, -0.25) is 9.52 Å². The van der Waals surface area contributed by atoms with Crippen molar-refractivity contribution in [3.05, 3.63) is 29.8 Å². The van der Waals surface area contributed by atoms with Gasteiger partial charge in [0, 0.05) is 6.04 Å². The highest BCUT2D eigenvalue weighted by Gasteiger charge is 2.16. The molecule has 0 unspecified atom stereocenters. The molecule has 0 radical (unpaired) electrons. The number of hydrogen-bond donors (Lipinski definition) is 2. The first-order valence-electron chi connectivity index (χ1n) is 7.26. The van der Waals surface area contributed by atoms with Crippen LogP contribution in [-0.4, -0.2) is 39.2 Å². The van der Waals surface area contributed by atoms with E-state index in [9.17, 15) is 18.0 Å². The summed E-state index contributed by atoms with van der Waals surface area (Å²) in [7, 11) is -3.52. The van der Waals surface area contributed by atoms with Gasteiger partial charge < -0.3 is 10.1 Å². The summed E-state index contributed by atoms with van der Waals surface area (Å²) in [6.07, 6.45) is 2.75. The van der Waals surface area contributed by atoms with Gasteiger partial charge in [0.2, 0.25) is 10.0 Å². The van der Waals surface area contributed by atoms with Crippen LogP contribution in [0.4, 0.5) is 5.69 Å². The number of hydrogen-bond acceptors (Lipinski definition) is 5. The SMILES string of the molecule is CCC[C@H](C)NC(=O)COC(=O)c1ccccc1NS(C)(=O)=O. The highest BCUT2D eigenvalue weighted by atomic mass is 32.2. The van der Waals surface area contributed by atoms with Gasteiger partial charge >= 0.3 is 5.97 Å². The van der Waals surface area contributed by atoms with Crippen molar-refractivity contribution in [2.24, 2.45) is 0 Å². The minimum absolute atomic E-state index is 0.00499. The molecule has 0 aliphatic heterocycles. The van der Waals surface area contributed by atoms with E-state index < -0.39 is 28.5 Å². The number of ether oxygens (including phenoxy) is 1. The van der Waals surface area contributed by atoms with Crippen LogP contribution < -0.4 is 10.0 Å². The minimum Gasteiger partial charge on any atom is -0.452 e. The van der Waals surface area contributed by atoms with Crippen molar-refractivity contribution in [3.63, 3.8) is 0 Å². The highest BCUT2D eigenvalue weighted by molar-refractivity contribution is 7.92. The topological polar surface area (TPSA) is 102 Å². The Labute approximate surface area is 136 Å². The Morgan fingerprint density at radius 1 is 1.26 bits per heavy atom. The van der Waals surface area contributed by atoms with Crippen LogP contribution in [0, 0.1) is 0 Å². The van der Waals surface area contributed by atoms with Crippen molar-refractivity contribution < 1.29 is 22.7 Å². The summed E-state index contributed by atoms with van der Waals surface area (Å²) in [5, 5.41) is 2.71. The normalized spacial score (nSPS) is 12.3. The van der Waals surface area contributed by atoms with E-state index in [-0.39, 0.29) is 17.3 Å². The lowest BCUT2D eigenvalue weighted by atomic mass is 10.2. The maximum atomic E-state index is 12.0. The first kappa shape index (κ1) is 19.0. The second-order valence-corrected chi connectivity index (χ2v) is 7.00. The number of benzene rings is 1. The Morgan fingerprint density at radius 3 is 2.52 bits per heavy atom. The Morgan fingerprint density at radius 2 is 1.91 bits per heavy atom. The average molecular weight is 342 g/mol. The molecule has 0 saturated heterocycles.